The van der Waals surface area contributed by atoms with Crippen molar-refractivity contribution < 1.29 is 0 Å². The van der Waals surface area contributed by atoms with Gasteiger partial charge in [0.15, 0.2) is 34.9 Å². The molecule has 0 saturated heterocycles. The molecule has 0 bridgehead atoms. The number of hydrogen-bond acceptors (Lipinski definition) is 7. The molecule has 10 aromatic rings. The minimum absolute atomic E-state index is 0.563. The van der Waals surface area contributed by atoms with Crippen LogP contribution in [0.5, 0.6) is 0 Å². The van der Waals surface area contributed by atoms with Crippen molar-refractivity contribution in [3.8, 4) is 108 Å². The van der Waals surface area contributed by atoms with Crippen LogP contribution in [0.1, 0.15) is 27.8 Å². The third-order valence-corrected chi connectivity index (χ3v) is 11.8. The molecule has 0 aliphatic carbocycles. The smallest absolute Gasteiger partial charge is 0.164 e. The molecular weight excluding hydrogens is 807 g/mol. The predicted octanol–water partition coefficient (Wildman–Crippen LogP) is 14.2. The molecule has 2 aromatic heterocycles. The first-order chi connectivity index (χ1) is 32.3. The molecular formula is C59H43N7. The first-order valence-electron chi connectivity index (χ1n) is 21.9. The van der Waals surface area contributed by atoms with Gasteiger partial charge in [-0.15, -0.1) is 0 Å². The Morgan fingerprint density at radius 3 is 0.924 bits per heavy atom. The van der Waals surface area contributed by atoms with Crippen LogP contribution in [0.15, 0.2) is 188 Å². The Bertz CT molecular complexity index is 3110. The van der Waals surface area contributed by atoms with E-state index in [9.17, 15) is 5.26 Å². The highest BCUT2D eigenvalue weighted by Gasteiger charge is 2.20. The van der Waals surface area contributed by atoms with E-state index in [0.717, 1.165) is 89.0 Å². The summed E-state index contributed by atoms with van der Waals surface area (Å²) in [7, 11) is 0. The summed E-state index contributed by atoms with van der Waals surface area (Å²) < 4.78 is 0. The lowest BCUT2D eigenvalue weighted by atomic mass is 9.85. The lowest BCUT2D eigenvalue weighted by molar-refractivity contribution is 1.07. The second-order valence-electron chi connectivity index (χ2n) is 16.6. The summed E-state index contributed by atoms with van der Waals surface area (Å²) in [5.41, 5.74) is 16.1. The van der Waals surface area contributed by atoms with Gasteiger partial charge in [0.2, 0.25) is 0 Å². The van der Waals surface area contributed by atoms with Gasteiger partial charge in [-0.3, -0.25) is 0 Å². The molecule has 0 aliphatic heterocycles. The fourth-order valence-electron chi connectivity index (χ4n) is 8.11. The maximum Gasteiger partial charge on any atom is 0.164 e. The SMILES string of the molecule is Cc1ccc(-c2nc(-c3ccc(C)cc3)nc(-c3cccc(-c4cccc(-c5cccc(-c6nc(-c7ccc(C)cc7)nc(-c7ccc(C)cc7)n6)c5)c4-c4ccccc4C#N)c3)n2)cc1. The van der Waals surface area contributed by atoms with Crippen molar-refractivity contribution in [2.75, 3.05) is 0 Å². The van der Waals surface area contributed by atoms with Gasteiger partial charge in [-0.2, -0.15) is 5.26 Å². The number of hydrogen-bond donors (Lipinski definition) is 0. The molecule has 0 aliphatic rings. The normalized spacial score (nSPS) is 11.0. The van der Waals surface area contributed by atoms with Gasteiger partial charge in [0, 0.05) is 38.9 Å². The fraction of sp³-hybridized carbons (Fsp3) is 0.0678. The van der Waals surface area contributed by atoms with Gasteiger partial charge in [0.05, 0.1) is 11.6 Å². The molecule has 8 aromatic carbocycles. The molecule has 0 N–H and O–H groups in total. The van der Waals surface area contributed by atoms with Gasteiger partial charge < -0.3 is 0 Å². The summed E-state index contributed by atoms with van der Waals surface area (Å²) in [6.45, 7) is 8.28. The minimum atomic E-state index is 0.563. The number of aromatic nitrogens is 6. The number of benzene rings is 8. The van der Waals surface area contributed by atoms with Crippen LogP contribution >= 0.6 is 0 Å². The zero-order valence-corrected chi connectivity index (χ0v) is 37.0. The lowest BCUT2D eigenvalue weighted by Gasteiger charge is -2.18. The summed E-state index contributed by atoms with van der Waals surface area (Å²) in [4.78, 5) is 30.2. The zero-order valence-electron chi connectivity index (χ0n) is 37.0. The van der Waals surface area contributed by atoms with E-state index >= 15 is 0 Å². The Balaban J connectivity index is 1.12. The molecule has 0 saturated carbocycles. The van der Waals surface area contributed by atoms with Crippen LogP contribution in [0.4, 0.5) is 0 Å². The topological polar surface area (TPSA) is 101 Å². The molecule has 0 amide bonds. The van der Waals surface area contributed by atoms with Crippen LogP contribution in [0, 0.1) is 39.0 Å². The second-order valence-corrected chi connectivity index (χ2v) is 16.6. The Kier molecular flexibility index (Phi) is 11.1. The maximum atomic E-state index is 10.5. The molecule has 314 valence electrons. The van der Waals surface area contributed by atoms with Crippen LogP contribution < -0.4 is 0 Å². The van der Waals surface area contributed by atoms with Gasteiger partial charge in [-0.1, -0.05) is 192 Å². The van der Waals surface area contributed by atoms with E-state index < -0.39 is 0 Å². The zero-order chi connectivity index (χ0) is 45.1. The molecule has 0 atom stereocenters. The molecule has 66 heavy (non-hydrogen) atoms. The Morgan fingerprint density at radius 1 is 0.288 bits per heavy atom. The molecule has 0 unspecified atom stereocenters. The van der Waals surface area contributed by atoms with Crippen LogP contribution in [-0.2, 0) is 0 Å². The van der Waals surface area contributed by atoms with Crippen molar-refractivity contribution in [1.82, 2.24) is 29.9 Å². The number of rotatable bonds is 9. The minimum Gasteiger partial charge on any atom is -0.208 e. The highest BCUT2D eigenvalue weighted by atomic mass is 15.0. The largest absolute Gasteiger partial charge is 0.208 e. The third-order valence-electron chi connectivity index (χ3n) is 11.8. The van der Waals surface area contributed by atoms with Crippen molar-refractivity contribution in [3.05, 3.63) is 216 Å². The summed E-state index contributed by atoms with van der Waals surface area (Å²) in [6.07, 6.45) is 0. The number of nitriles is 1. The average molecular weight is 850 g/mol. The number of aryl methyl sites for hydroxylation is 4. The summed E-state index contributed by atoms with van der Waals surface area (Å²) in [5.74, 6) is 3.52. The Labute approximate surface area is 384 Å². The lowest BCUT2D eigenvalue weighted by Crippen LogP contribution is -2.01. The van der Waals surface area contributed by atoms with Gasteiger partial charge in [-0.05, 0) is 73.7 Å². The van der Waals surface area contributed by atoms with Gasteiger partial charge in [0.25, 0.3) is 0 Å². The van der Waals surface area contributed by atoms with E-state index in [0.29, 0.717) is 40.5 Å². The summed E-state index contributed by atoms with van der Waals surface area (Å²) in [5, 5.41) is 10.5. The van der Waals surface area contributed by atoms with E-state index in [1.54, 1.807) is 0 Å². The second kappa shape index (κ2) is 17.8. The molecule has 0 fully saturated rings. The van der Waals surface area contributed by atoms with Crippen molar-refractivity contribution >= 4 is 0 Å². The quantitative estimate of drug-likeness (QED) is 0.143. The van der Waals surface area contributed by atoms with Crippen molar-refractivity contribution in [3.63, 3.8) is 0 Å². The summed E-state index contributed by atoms with van der Waals surface area (Å²) >= 11 is 0. The van der Waals surface area contributed by atoms with Gasteiger partial charge in [0.1, 0.15) is 0 Å². The van der Waals surface area contributed by atoms with Crippen LogP contribution in [0.25, 0.3) is 102 Å². The molecule has 0 spiro atoms. The maximum absolute atomic E-state index is 10.5. The summed E-state index contributed by atoms with van der Waals surface area (Å²) in [6, 6.07) is 66.2. The Morgan fingerprint density at radius 2 is 0.576 bits per heavy atom. The van der Waals surface area contributed by atoms with Crippen LogP contribution in [-0.4, -0.2) is 29.9 Å². The van der Waals surface area contributed by atoms with Crippen LogP contribution in [0.3, 0.4) is 0 Å². The van der Waals surface area contributed by atoms with Gasteiger partial charge in [-0.25, -0.2) is 29.9 Å². The third kappa shape index (κ3) is 8.51. The van der Waals surface area contributed by atoms with E-state index in [1.807, 2.05) is 48.5 Å². The van der Waals surface area contributed by atoms with E-state index in [1.165, 1.54) is 0 Å². The fourth-order valence-corrected chi connectivity index (χ4v) is 8.11. The van der Waals surface area contributed by atoms with E-state index in [-0.39, 0.29) is 0 Å². The highest BCUT2D eigenvalue weighted by Crippen LogP contribution is 2.43. The van der Waals surface area contributed by atoms with Crippen molar-refractivity contribution in [1.29, 1.82) is 5.26 Å². The standard InChI is InChI=1S/C59H43N7/c1-37-18-26-41(27-19-37)54-61-55(42-28-20-38(2)21-29-42)64-58(63-54)47-13-7-11-45(34-47)50-16-9-17-51(53(50)52-15-6-5-10-49(52)36-60)46-12-8-14-48(35-46)59-65-56(43-30-22-39(3)23-31-43)62-57(66-59)44-32-24-40(4)25-33-44/h5-35H,1-4H3. The highest BCUT2D eigenvalue weighted by molar-refractivity contribution is 5.97. The predicted molar refractivity (Wildman–Crippen MR) is 266 cm³/mol. The Hall–Kier alpha value is -8.73. The van der Waals surface area contributed by atoms with Crippen LogP contribution in [0.2, 0.25) is 0 Å². The first-order valence-corrected chi connectivity index (χ1v) is 21.9. The van der Waals surface area contributed by atoms with Crippen molar-refractivity contribution in [2.24, 2.45) is 0 Å². The molecule has 7 heteroatoms. The monoisotopic (exact) mass is 849 g/mol. The molecule has 0 radical (unpaired) electrons. The van der Waals surface area contributed by atoms with E-state index in [4.69, 9.17) is 29.9 Å². The first kappa shape index (κ1) is 41.3. The average Bonchev–Trinajstić information content (AvgIpc) is 3.37. The number of nitrogens with zero attached hydrogens (tertiary/aromatic N) is 7. The van der Waals surface area contributed by atoms with E-state index in [2.05, 4.69) is 173 Å². The van der Waals surface area contributed by atoms with Gasteiger partial charge >= 0.3 is 0 Å². The molecule has 2 heterocycles. The van der Waals surface area contributed by atoms with Crippen molar-refractivity contribution in [2.45, 2.75) is 27.7 Å². The molecule has 7 nitrogen and oxygen atoms in total. The molecule has 10 rings (SSSR count).